The highest BCUT2D eigenvalue weighted by Gasteiger charge is 2.31. The number of aromatic nitrogens is 1. The lowest BCUT2D eigenvalue weighted by molar-refractivity contribution is -0.138. The number of anilines is 1. The van der Waals surface area contributed by atoms with Crippen molar-refractivity contribution >= 4 is 11.6 Å². The lowest BCUT2D eigenvalue weighted by atomic mass is 10.2. The van der Waals surface area contributed by atoms with Gasteiger partial charge in [-0.3, -0.25) is 9.59 Å². The minimum Gasteiger partial charge on any atom is -0.497 e. The van der Waals surface area contributed by atoms with Crippen molar-refractivity contribution in [2.45, 2.75) is 12.7 Å². The van der Waals surface area contributed by atoms with Crippen LogP contribution in [-0.4, -0.2) is 48.7 Å². The Morgan fingerprint density at radius 3 is 2.25 bits per heavy atom. The van der Waals surface area contributed by atoms with Gasteiger partial charge in [0.25, 0.3) is 5.56 Å². The highest BCUT2D eigenvalue weighted by Crippen LogP contribution is 2.28. The summed E-state index contributed by atoms with van der Waals surface area (Å²) in [5, 5.41) is 0. The summed E-state index contributed by atoms with van der Waals surface area (Å²) >= 11 is 0. The molecule has 6 nitrogen and oxygen atoms in total. The number of carbonyl (C=O) groups is 1. The quantitative estimate of drug-likeness (QED) is 0.797. The summed E-state index contributed by atoms with van der Waals surface area (Å²) in [5.41, 5.74) is -0.593. The van der Waals surface area contributed by atoms with Gasteiger partial charge in [-0.25, -0.2) is 0 Å². The number of rotatable bonds is 4. The van der Waals surface area contributed by atoms with E-state index in [1.165, 1.54) is 0 Å². The van der Waals surface area contributed by atoms with E-state index in [9.17, 15) is 22.8 Å². The Morgan fingerprint density at radius 1 is 1.04 bits per heavy atom. The third-order valence-electron chi connectivity index (χ3n) is 4.69. The van der Waals surface area contributed by atoms with Crippen LogP contribution in [0.2, 0.25) is 0 Å². The van der Waals surface area contributed by atoms with Crippen LogP contribution in [0.15, 0.2) is 47.4 Å². The molecule has 1 aliphatic heterocycles. The van der Waals surface area contributed by atoms with Gasteiger partial charge in [0.2, 0.25) is 5.91 Å². The number of piperazine rings is 1. The molecule has 0 N–H and O–H groups in total. The molecule has 1 aliphatic rings. The first-order valence-corrected chi connectivity index (χ1v) is 8.72. The highest BCUT2D eigenvalue weighted by atomic mass is 19.4. The van der Waals surface area contributed by atoms with E-state index >= 15 is 0 Å². The molecule has 0 unspecified atom stereocenters. The fraction of sp³-hybridized carbons (Fsp3) is 0.368. The smallest absolute Gasteiger partial charge is 0.417 e. The Kier molecular flexibility index (Phi) is 5.62. The number of ether oxygens (including phenoxy) is 1. The van der Waals surface area contributed by atoms with Gasteiger partial charge in [0.15, 0.2) is 0 Å². The van der Waals surface area contributed by atoms with Crippen molar-refractivity contribution in [3.63, 3.8) is 0 Å². The molecule has 150 valence electrons. The van der Waals surface area contributed by atoms with Crippen LogP contribution < -0.4 is 15.2 Å². The summed E-state index contributed by atoms with van der Waals surface area (Å²) in [6.07, 6.45) is -3.88. The predicted octanol–water partition coefficient (Wildman–Crippen LogP) is 2.22. The molecule has 28 heavy (non-hydrogen) atoms. The Hall–Kier alpha value is -2.97. The molecule has 1 aromatic heterocycles. The number of hydrogen-bond acceptors (Lipinski definition) is 4. The van der Waals surface area contributed by atoms with E-state index in [1.807, 2.05) is 24.3 Å². The van der Waals surface area contributed by atoms with Crippen LogP contribution in [0.3, 0.4) is 0 Å². The summed E-state index contributed by atoms with van der Waals surface area (Å²) < 4.78 is 44.4. The summed E-state index contributed by atoms with van der Waals surface area (Å²) in [4.78, 5) is 27.9. The Morgan fingerprint density at radius 2 is 1.68 bits per heavy atom. The number of alkyl halides is 3. The molecule has 9 heteroatoms. The van der Waals surface area contributed by atoms with Crippen LogP contribution in [0.5, 0.6) is 5.75 Å². The highest BCUT2D eigenvalue weighted by molar-refractivity contribution is 5.76. The lowest BCUT2D eigenvalue weighted by Crippen LogP contribution is -2.50. The molecule has 0 atom stereocenters. The molecule has 0 saturated carbocycles. The van der Waals surface area contributed by atoms with Crippen molar-refractivity contribution in [3.05, 3.63) is 58.5 Å². The monoisotopic (exact) mass is 395 g/mol. The Labute approximate surface area is 159 Å². The first kappa shape index (κ1) is 19.8. The first-order chi connectivity index (χ1) is 13.3. The van der Waals surface area contributed by atoms with Gasteiger partial charge >= 0.3 is 6.18 Å². The molecule has 2 heterocycles. The molecule has 1 fully saturated rings. The largest absolute Gasteiger partial charge is 0.497 e. The third-order valence-corrected chi connectivity index (χ3v) is 4.69. The van der Waals surface area contributed by atoms with Crippen LogP contribution in [0, 0.1) is 0 Å². The van der Waals surface area contributed by atoms with Gasteiger partial charge < -0.3 is 19.1 Å². The van der Waals surface area contributed by atoms with E-state index in [2.05, 4.69) is 4.90 Å². The second-order valence-corrected chi connectivity index (χ2v) is 6.45. The van der Waals surface area contributed by atoms with Gasteiger partial charge in [0.05, 0.1) is 12.7 Å². The van der Waals surface area contributed by atoms with E-state index < -0.39 is 23.8 Å². The minimum absolute atomic E-state index is 0.379. The topological polar surface area (TPSA) is 54.8 Å². The SMILES string of the molecule is COc1ccc(N2CCN(C(=O)Cn3cc(C(F)(F)F)ccc3=O)CC2)cc1. The Bertz CT molecular complexity index is 886. The maximum absolute atomic E-state index is 12.8. The standard InChI is InChI=1S/C19H20F3N3O3/c1-28-16-5-3-15(4-6-16)23-8-10-24(11-9-23)18(27)13-25-12-14(19(20,21)22)2-7-17(25)26/h2-7,12H,8-11,13H2,1H3. The van der Waals surface area contributed by atoms with Crippen LogP contribution >= 0.6 is 0 Å². The minimum atomic E-state index is -4.57. The molecular weight excluding hydrogens is 375 g/mol. The molecule has 0 spiro atoms. The molecule has 2 aromatic rings. The van der Waals surface area contributed by atoms with Crippen molar-refractivity contribution in [2.75, 3.05) is 38.2 Å². The molecule has 1 aromatic carbocycles. The van der Waals surface area contributed by atoms with E-state index in [4.69, 9.17) is 4.74 Å². The van der Waals surface area contributed by atoms with E-state index in [0.717, 1.165) is 28.1 Å². The van der Waals surface area contributed by atoms with Gasteiger partial charge in [-0.15, -0.1) is 0 Å². The Balaban J connectivity index is 1.62. The molecule has 0 radical (unpaired) electrons. The number of pyridine rings is 1. The van der Waals surface area contributed by atoms with Crippen LogP contribution in [0.25, 0.3) is 0 Å². The fourth-order valence-corrected chi connectivity index (χ4v) is 3.08. The van der Waals surface area contributed by atoms with Crippen molar-refractivity contribution in [1.29, 1.82) is 0 Å². The molecule has 1 saturated heterocycles. The fourth-order valence-electron chi connectivity index (χ4n) is 3.08. The van der Waals surface area contributed by atoms with Gasteiger partial charge in [-0.1, -0.05) is 0 Å². The zero-order valence-corrected chi connectivity index (χ0v) is 15.3. The lowest BCUT2D eigenvalue weighted by Gasteiger charge is -2.36. The number of hydrogen-bond donors (Lipinski definition) is 0. The predicted molar refractivity (Wildman–Crippen MR) is 97.5 cm³/mol. The summed E-state index contributed by atoms with van der Waals surface area (Å²) in [5.74, 6) is 0.375. The van der Waals surface area contributed by atoms with Crippen LogP contribution in [0.4, 0.5) is 18.9 Å². The van der Waals surface area contributed by atoms with Gasteiger partial charge in [0.1, 0.15) is 12.3 Å². The average molecular weight is 395 g/mol. The average Bonchev–Trinajstić information content (AvgIpc) is 2.69. The zero-order valence-electron chi connectivity index (χ0n) is 15.3. The van der Waals surface area contributed by atoms with Crippen LogP contribution in [0.1, 0.15) is 5.56 Å². The molecule has 1 amide bonds. The zero-order chi connectivity index (χ0) is 20.3. The van der Waals surface area contributed by atoms with E-state index in [0.29, 0.717) is 32.4 Å². The van der Waals surface area contributed by atoms with Crippen molar-refractivity contribution in [3.8, 4) is 5.75 Å². The maximum atomic E-state index is 12.8. The summed E-state index contributed by atoms with van der Waals surface area (Å²) in [6, 6.07) is 9.12. The number of nitrogens with zero attached hydrogens (tertiary/aromatic N) is 3. The first-order valence-electron chi connectivity index (χ1n) is 8.72. The summed E-state index contributed by atoms with van der Waals surface area (Å²) in [7, 11) is 1.59. The van der Waals surface area contributed by atoms with Gasteiger partial charge in [0, 0.05) is 44.1 Å². The normalized spacial score (nSPS) is 14.9. The molecule has 0 aliphatic carbocycles. The second kappa shape index (κ2) is 7.95. The van der Waals surface area contributed by atoms with E-state index in [1.54, 1.807) is 12.0 Å². The van der Waals surface area contributed by atoms with Crippen molar-refractivity contribution < 1.29 is 22.7 Å². The molecule has 0 bridgehead atoms. The van der Waals surface area contributed by atoms with Crippen LogP contribution in [-0.2, 0) is 17.5 Å². The second-order valence-electron chi connectivity index (χ2n) is 6.45. The van der Waals surface area contributed by atoms with Crippen molar-refractivity contribution in [2.24, 2.45) is 0 Å². The third kappa shape index (κ3) is 4.47. The van der Waals surface area contributed by atoms with Gasteiger partial charge in [-0.05, 0) is 30.3 Å². The number of methoxy groups -OCH3 is 1. The van der Waals surface area contributed by atoms with E-state index in [-0.39, 0.29) is 5.91 Å². The maximum Gasteiger partial charge on any atom is 0.417 e. The van der Waals surface area contributed by atoms with Crippen molar-refractivity contribution in [1.82, 2.24) is 9.47 Å². The number of benzene rings is 1. The summed E-state index contributed by atoms with van der Waals surface area (Å²) in [6.45, 7) is 1.63. The van der Waals surface area contributed by atoms with Gasteiger partial charge in [-0.2, -0.15) is 13.2 Å². The number of halogens is 3. The number of amides is 1. The number of carbonyl (C=O) groups excluding carboxylic acids is 1. The molecule has 3 rings (SSSR count). The molecular formula is C19H20F3N3O3.